The summed E-state index contributed by atoms with van der Waals surface area (Å²) in [5.74, 6) is -0.597. The molecule has 0 saturated heterocycles. The average Bonchev–Trinajstić information content (AvgIpc) is 3.14. The lowest BCUT2D eigenvalue weighted by Gasteiger charge is -2.26. The number of oxazole rings is 1. The molecule has 7 nitrogen and oxygen atoms in total. The number of esters is 1. The average molecular weight is 360 g/mol. The van der Waals surface area contributed by atoms with Crippen LogP contribution in [-0.4, -0.2) is 49.1 Å². The molecule has 2 aromatic rings. The molecule has 0 bridgehead atoms. The van der Waals surface area contributed by atoms with Crippen LogP contribution in [0.5, 0.6) is 0 Å². The van der Waals surface area contributed by atoms with E-state index in [9.17, 15) is 9.59 Å². The van der Waals surface area contributed by atoms with Gasteiger partial charge in [-0.3, -0.25) is 4.79 Å². The molecule has 2 rings (SSSR count). The smallest absolute Gasteiger partial charge is 0.360 e. The molecule has 0 aliphatic heterocycles. The summed E-state index contributed by atoms with van der Waals surface area (Å²) in [7, 11) is 2.86. The molecular weight excluding hydrogens is 336 g/mol. The number of aromatic nitrogens is 1. The third-order valence-corrected chi connectivity index (χ3v) is 4.06. The van der Waals surface area contributed by atoms with Crippen molar-refractivity contribution in [2.24, 2.45) is 0 Å². The Kier molecular flexibility index (Phi) is 7.35. The fourth-order valence-electron chi connectivity index (χ4n) is 2.67. The van der Waals surface area contributed by atoms with E-state index in [1.807, 2.05) is 37.3 Å². The minimum Gasteiger partial charge on any atom is -0.464 e. The quantitative estimate of drug-likeness (QED) is 0.640. The number of ether oxygens (including phenoxy) is 2. The molecule has 1 unspecified atom stereocenters. The summed E-state index contributed by atoms with van der Waals surface area (Å²) >= 11 is 0. The number of hydrogen-bond acceptors (Lipinski definition) is 6. The predicted octanol–water partition coefficient (Wildman–Crippen LogP) is 2.63. The second-order valence-electron chi connectivity index (χ2n) is 5.74. The van der Waals surface area contributed by atoms with Crippen LogP contribution in [0.4, 0.5) is 0 Å². The van der Waals surface area contributed by atoms with Gasteiger partial charge in [-0.05, 0) is 12.0 Å². The van der Waals surface area contributed by atoms with Gasteiger partial charge in [0.2, 0.25) is 11.8 Å². The monoisotopic (exact) mass is 360 g/mol. The normalized spacial score (nSPS) is 11.8. The molecule has 0 aliphatic rings. The van der Waals surface area contributed by atoms with Gasteiger partial charge in [-0.25, -0.2) is 9.78 Å². The minimum atomic E-state index is -0.578. The highest BCUT2D eigenvalue weighted by Crippen LogP contribution is 2.23. The maximum Gasteiger partial charge on any atom is 0.360 e. The summed E-state index contributed by atoms with van der Waals surface area (Å²) in [5, 5.41) is 0. The van der Waals surface area contributed by atoms with Gasteiger partial charge >= 0.3 is 5.97 Å². The first-order valence-corrected chi connectivity index (χ1v) is 8.46. The number of methoxy groups -OCH3 is 2. The predicted molar refractivity (Wildman–Crippen MR) is 94.6 cm³/mol. The van der Waals surface area contributed by atoms with E-state index in [1.54, 1.807) is 12.0 Å². The lowest BCUT2D eigenvalue weighted by atomic mass is 9.95. The van der Waals surface area contributed by atoms with Crippen molar-refractivity contribution in [3.05, 3.63) is 53.7 Å². The molecule has 0 spiro atoms. The van der Waals surface area contributed by atoms with Crippen LogP contribution in [0, 0.1) is 0 Å². The summed E-state index contributed by atoms with van der Waals surface area (Å²) in [5.41, 5.74) is 1.04. The molecule has 0 saturated carbocycles. The maximum atomic E-state index is 13.1. The van der Waals surface area contributed by atoms with Crippen LogP contribution in [0.2, 0.25) is 0 Å². The van der Waals surface area contributed by atoms with Crippen molar-refractivity contribution in [1.82, 2.24) is 9.88 Å². The summed E-state index contributed by atoms with van der Waals surface area (Å²) < 4.78 is 15.1. The van der Waals surface area contributed by atoms with E-state index in [2.05, 4.69) is 9.72 Å². The SMILES string of the molecule is CCC(C(=O)N(CCOC)Cc1nc(C(=O)OC)co1)c1ccccc1. The van der Waals surface area contributed by atoms with Crippen molar-refractivity contribution in [2.45, 2.75) is 25.8 Å². The molecule has 0 fully saturated rings. The maximum absolute atomic E-state index is 13.1. The number of hydrogen-bond donors (Lipinski definition) is 0. The molecule has 0 radical (unpaired) electrons. The Balaban J connectivity index is 2.18. The van der Waals surface area contributed by atoms with E-state index in [1.165, 1.54) is 13.4 Å². The van der Waals surface area contributed by atoms with E-state index in [0.717, 1.165) is 5.56 Å². The fraction of sp³-hybridized carbons (Fsp3) is 0.421. The van der Waals surface area contributed by atoms with Crippen molar-refractivity contribution in [3.8, 4) is 0 Å². The number of carbonyl (C=O) groups is 2. The highest BCUT2D eigenvalue weighted by molar-refractivity contribution is 5.86. The van der Waals surface area contributed by atoms with Crippen LogP contribution in [-0.2, 0) is 20.8 Å². The number of benzene rings is 1. The van der Waals surface area contributed by atoms with Crippen LogP contribution in [0.3, 0.4) is 0 Å². The Morgan fingerprint density at radius 2 is 1.96 bits per heavy atom. The fourth-order valence-corrected chi connectivity index (χ4v) is 2.67. The van der Waals surface area contributed by atoms with Gasteiger partial charge in [-0.2, -0.15) is 0 Å². The Bertz CT molecular complexity index is 714. The number of carbonyl (C=O) groups excluding carboxylic acids is 2. The van der Waals surface area contributed by atoms with Crippen LogP contribution >= 0.6 is 0 Å². The molecule has 7 heteroatoms. The molecule has 1 amide bonds. The van der Waals surface area contributed by atoms with Gasteiger partial charge in [0.25, 0.3) is 0 Å². The zero-order valence-electron chi connectivity index (χ0n) is 15.3. The Morgan fingerprint density at radius 1 is 1.23 bits per heavy atom. The summed E-state index contributed by atoms with van der Waals surface area (Å²) in [6.45, 7) is 2.92. The summed E-state index contributed by atoms with van der Waals surface area (Å²) in [6.07, 6.45) is 1.90. The van der Waals surface area contributed by atoms with Gasteiger partial charge in [-0.15, -0.1) is 0 Å². The highest BCUT2D eigenvalue weighted by Gasteiger charge is 2.26. The topological polar surface area (TPSA) is 81.9 Å². The van der Waals surface area contributed by atoms with E-state index in [0.29, 0.717) is 19.6 Å². The number of rotatable bonds is 9. The van der Waals surface area contributed by atoms with Crippen LogP contribution in [0.25, 0.3) is 0 Å². The zero-order chi connectivity index (χ0) is 18.9. The van der Waals surface area contributed by atoms with Crippen molar-refractivity contribution in [3.63, 3.8) is 0 Å². The first-order chi connectivity index (χ1) is 12.6. The molecule has 1 aromatic heterocycles. The zero-order valence-corrected chi connectivity index (χ0v) is 15.3. The highest BCUT2D eigenvalue weighted by atomic mass is 16.5. The molecular formula is C19H24N2O5. The number of amides is 1. The van der Waals surface area contributed by atoms with Gasteiger partial charge in [0.05, 0.1) is 26.2 Å². The minimum absolute atomic E-state index is 0.0337. The Labute approximate surface area is 152 Å². The largest absolute Gasteiger partial charge is 0.464 e. The van der Waals surface area contributed by atoms with Crippen LogP contribution in [0.15, 0.2) is 41.0 Å². The van der Waals surface area contributed by atoms with E-state index in [4.69, 9.17) is 9.15 Å². The van der Waals surface area contributed by atoms with Gasteiger partial charge in [0, 0.05) is 13.7 Å². The van der Waals surface area contributed by atoms with Gasteiger partial charge in [0.1, 0.15) is 6.26 Å². The van der Waals surface area contributed by atoms with Crippen molar-refractivity contribution >= 4 is 11.9 Å². The molecule has 1 atom stereocenters. The van der Waals surface area contributed by atoms with Crippen LogP contribution in [0.1, 0.15) is 41.2 Å². The van der Waals surface area contributed by atoms with E-state index >= 15 is 0 Å². The van der Waals surface area contributed by atoms with Gasteiger partial charge < -0.3 is 18.8 Å². The second-order valence-corrected chi connectivity index (χ2v) is 5.74. The summed E-state index contributed by atoms with van der Waals surface area (Å²) in [6, 6.07) is 9.65. The van der Waals surface area contributed by atoms with Crippen molar-refractivity contribution in [2.75, 3.05) is 27.4 Å². The van der Waals surface area contributed by atoms with E-state index in [-0.39, 0.29) is 30.0 Å². The van der Waals surface area contributed by atoms with Crippen molar-refractivity contribution < 1.29 is 23.5 Å². The second kappa shape index (κ2) is 9.72. The third-order valence-electron chi connectivity index (χ3n) is 4.06. The molecule has 0 N–H and O–H groups in total. The molecule has 1 heterocycles. The van der Waals surface area contributed by atoms with Crippen molar-refractivity contribution in [1.29, 1.82) is 0 Å². The van der Waals surface area contributed by atoms with Gasteiger partial charge in [0.15, 0.2) is 5.69 Å². The Morgan fingerprint density at radius 3 is 2.58 bits per heavy atom. The molecule has 1 aromatic carbocycles. The van der Waals surface area contributed by atoms with Gasteiger partial charge in [-0.1, -0.05) is 37.3 Å². The first kappa shape index (κ1) is 19.7. The lowest BCUT2D eigenvalue weighted by Crippen LogP contribution is -2.37. The summed E-state index contributed by atoms with van der Waals surface area (Å²) in [4.78, 5) is 30.3. The third kappa shape index (κ3) is 4.92. The number of nitrogens with zero attached hydrogens (tertiary/aromatic N) is 2. The first-order valence-electron chi connectivity index (χ1n) is 8.46. The molecule has 140 valence electrons. The van der Waals surface area contributed by atoms with E-state index < -0.39 is 5.97 Å². The standard InChI is InChI=1S/C19H24N2O5/c1-4-15(14-8-6-5-7-9-14)18(22)21(10-11-24-2)12-17-20-16(13-26-17)19(23)25-3/h5-9,13,15H,4,10-12H2,1-3H3. The Hall–Kier alpha value is -2.67. The lowest BCUT2D eigenvalue weighted by molar-refractivity contribution is -0.134. The molecule has 0 aliphatic carbocycles. The molecule has 26 heavy (non-hydrogen) atoms. The van der Waals surface area contributed by atoms with Crippen LogP contribution < -0.4 is 0 Å².